The molecular formula is C23H34O5. The van der Waals surface area contributed by atoms with E-state index in [2.05, 4.69) is 25.2 Å². The van der Waals surface area contributed by atoms with Crippen LogP contribution in [0.1, 0.15) is 65.7 Å². The van der Waals surface area contributed by atoms with Gasteiger partial charge in [0.25, 0.3) is 0 Å². The van der Waals surface area contributed by atoms with Gasteiger partial charge in [0.15, 0.2) is 0 Å². The van der Waals surface area contributed by atoms with E-state index < -0.39 is 6.10 Å². The van der Waals surface area contributed by atoms with Gasteiger partial charge in [-0.2, -0.15) is 0 Å². The van der Waals surface area contributed by atoms with Crippen LogP contribution < -0.4 is 0 Å². The SMILES string of the molecule is CC[C@H](C)C(=O)O[C@H]1CCC=C2C=C[C@H](C)C(CC[C@@H]3C[C@@H](O)CC(=O)O3)C21. The molecule has 0 amide bonds. The number of esters is 2. The molecule has 1 heterocycles. The Kier molecular flexibility index (Phi) is 6.97. The molecular weight excluding hydrogens is 356 g/mol. The summed E-state index contributed by atoms with van der Waals surface area (Å²) in [6, 6.07) is 0. The number of hydrogen-bond donors (Lipinski definition) is 1. The van der Waals surface area contributed by atoms with Crippen LogP contribution in [0.4, 0.5) is 0 Å². The molecule has 1 aliphatic heterocycles. The fourth-order valence-electron chi connectivity index (χ4n) is 4.80. The molecule has 7 atom stereocenters. The Bertz CT molecular complexity index is 637. The molecule has 2 aliphatic carbocycles. The van der Waals surface area contributed by atoms with Gasteiger partial charge in [-0.25, -0.2) is 0 Å². The first-order valence-electron chi connectivity index (χ1n) is 10.8. The fourth-order valence-corrected chi connectivity index (χ4v) is 4.80. The lowest BCUT2D eigenvalue weighted by atomic mass is 9.66. The molecule has 1 fully saturated rings. The first kappa shape index (κ1) is 21.1. The highest BCUT2D eigenvalue weighted by atomic mass is 16.5. The summed E-state index contributed by atoms with van der Waals surface area (Å²) >= 11 is 0. The van der Waals surface area contributed by atoms with E-state index in [1.807, 2.05) is 13.8 Å². The molecule has 5 nitrogen and oxygen atoms in total. The van der Waals surface area contributed by atoms with E-state index in [1.54, 1.807) is 0 Å². The smallest absolute Gasteiger partial charge is 0.308 e. The Morgan fingerprint density at radius 2 is 2.18 bits per heavy atom. The van der Waals surface area contributed by atoms with Crippen molar-refractivity contribution in [2.24, 2.45) is 23.7 Å². The monoisotopic (exact) mass is 390 g/mol. The Balaban J connectivity index is 1.70. The van der Waals surface area contributed by atoms with Gasteiger partial charge in [0.1, 0.15) is 12.2 Å². The topological polar surface area (TPSA) is 72.8 Å². The molecule has 5 heteroatoms. The highest BCUT2D eigenvalue weighted by Gasteiger charge is 2.40. The van der Waals surface area contributed by atoms with Crippen molar-refractivity contribution >= 4 is 11.9 Å². The number of aliphatic hydroxyl groups is 1. The Hall–Kier alpha value is -1.62. The van der Waals surface area contributed by atoms with Gasteiger partial charge in [0.2, 0.25) is 0 Å². The standard InChI is InChI=1S/C23H34O5/c1-4-14(2)23(26)28-20-7-5-6-16-9-8-15(3)19(22(16)20)11-10-18-12-17(24)13-21(25)27-18/h6,8-9,14-15,17-20,22,24H,4-5,7,10-13H2,1-3H3/t14-,15-,17+,18+,19?,20-,22?/m0/s1. The molecule has 0 saturated carbocycles. The summed E-state index contributed by atoms with van der Waals surface area (Å²) in [5, 5.41) is 9.86. The second kappa shape index (κ2) is 9.25. The second-order valence-electron chi connectivity index (χ2n) is 8.76. The Labute approximate surface area is 168 Å². The van der Waals surface area contributed by atoms with E-state index in [1.165, 1.54) is 5.57 Å². The van der Waals surface area contributed by atoms with Gasteiger partial charge in [-0.15, -0.1) is 0 Å². The number of rotatable bonds is 6. The van der Waals surface area contributed by atoms with Gasteiger partial charge in [0, 0.05) is 12.3 Å². The number of hydrogen-bond acceptors (Lipinski definition) is 5. The first-order valence-corrected chi connectivity index (χ1v) is 10.8. The zero-order valence-corrected chi connectivity index (χ0v) is 17.3. The quantitative estimate of drug-likeness (QED) is 0.695. The van der Waals surface area contributed by atoms with Crippen molar-refractivity contribution in [2.75, 3.05) is 0 Å². The van der Waals surface area contributed by atoms with E-state index in [4.69, 9.17) is 9.47 Å². The maximum Gasteiger partial charge on any atom is 0.308 e. The van der Waals surface area contributed by atoms with Crippen LogP contribution in [-0.2, 0) is 19.1 Å². The highest BCUT2D eigenvalue weighted by Crippen LogP contribution is 2.44. The summed E-state index contributed by atoms with van der Waals surface area (Å²) in [7, 11) is 0. The predicted molar refractivity (Wildman–Crippen MR) is 106 cm³/mol. The van der Waals surface area contributed by atoms with Crippen molar-refractivity contribution in [1.29, 1.82) is 0 Å². The normalized spacial score (nSPS) is 36.1. The molecule has 0 radical (unpaired) electrons. The molecule has 0 spiro atoms. The molecule has 3 aliphatic rings. The molecule has 0 aromatic rings. The van der Waals surface area contributed by atoms with Gasteiger partial charge >= 0.3 is 11.9 Å². The minimum absolute atomic E-state index is 0.0764. The number of fused-ring (bicyclic) bond motifs is 1. The maximum absolute atomic E-state index is 12.4. The third kappa shape index (κ3) is 4.86. The predicted octanol–water partition coefficient (Wildman–Crippen LogP) is 3.95. The zero-order valence-electron chi connectivity index (χ0n) is 17.3. The van der Waals surface area contributed by atoms with Crippen LogP contribution >= 0.6 is 0 Å². The number of aliphatic hydroxyl groups excluding tert-OH is 1. The van der Waals surface area contributed by atoms with Crippen LogP contribution in [0.15, 0.2) is 23.8 Å². The second-order valence-corrected chi connectivity index (χ2v) is 8.76. The summed E-state index contributed by atoms with van der Waals surface area (Å²) in [6.07, 6.45) is 10.6. The summed E-state index contributed by atoms with van der Waals surface area (Å²) < 4.78 is 11.4. The fraction of sp³-hybridized carbons (Fsp3) is 0.739. The van der Waals surface area contributed by atoms with E-state index in [-0.39, 0.29) is 42.4 Å². The van der Waals surface area contributed by atoms with Crippen molar-refractivity contribution in [2.45, 2.75) is 84.0 Å². The molecule has 28 heavy (non-hydrogen) atoms. The number of carbonyl (C=O) groups excluding carboxylic acids is 2. The van der Waals surface area contributed by atoms with Gasteiger partial charge in [-0.1, -0.05) is 39.0 Å². The number of ether oxygens (including phenoxy) is 2. The van der Waals surface area contributed by atoms with Gasteiger partial charge in [0.05, 0.1) is 18.4 Å². The van der Waals surface area contributed by atoms with Crippen LogP contribution in [-0.4, -0.2) is 35.4 Å². The third-order valence-corrected chi connectivity index (χ3v) is 6.69. The highest BCUT2D eigenvalue weighted by molar-refractivity contribution is 5.72. The molecule has 0 bridgehead atoms. The summed E-state index contributed by atoms with van der Waals surface area (Å²) in [5.41, 5.74) is 1.27. The third-order valence-electron chi connectivity index (χ3n) is 6.69. The minimum Gasteiger partial charge on any atom is -0.462 e. The Morgan fingerprint density at radius 1 is 1.39 bits per heavy atom. The molecule has 0 aromatic carbocycles. The molecule has 1 saturated heterocycles. The summed E-state index contributed by atoms with van der Waals surface area (Å²) in [5.74, 6) is 0.426. The summed E-state index contributed by atoms with van der Waals surface area (Å²) in [4.78, 5) is 24.1. The van der Waals surface area contributed by atoms with E-state index >= 15 is 0 Å². The summed E-state index contributed by atoms with van der Waals surface area (Å²) in [6.45, 7) is 6.14. The number of carbonyl (C=O) groups is 2. The lowest BCUT2D eigenvalue weighted by Crippen LogP contribution is -2.40. The number of allylic oxidation sites excluding steroid dienone is 3. The van der Waals surface area contributed by atoms with Gasteiger partial charge in [-0.3, -0.25) is 9.59 Å². The van der Waals surface area contributed by atoms with Crippen LogP contribution in [0.25, 0.3) is 0 Å². The first-order chi connectivity index (χ1) is 13.4. The largest absolute Gasteiger partial charge is 0.462 e. The zero-order chi connectivity index (χ0) is 20.3. The van der Waals surface area contributed by atoms with Crippen molar-refractivity contribution < 1.29 is 24.2 Å². The Morgan fingerprint density at radius 3 is 2.89 bits per heavy atom. The van der Waals surface area contributed by atoms with Gasteiger partial charge < -0.3 is 14.6 Å². The van der Waals surface area contributed by atoms with Crippen LogP contribution in [0, 0.1) is 23.7 Å². The molecule has 1 N–H and O–H groups in total. The molecule has 0 aromatic heterocycles. The molecule has 156 valence electrons. The minimum atomic E-state index is -0.593. The van der Waals surface area contributed by atoms with E-state index in [9.17, 15) is 14.7 Å². The van der Waals surface area contributed by atoms with Crippen molar-refractivity contribution in [3.63, 3.8) is 0 Å². The van der Waals surface area contributed by atoms with E-state index in [0.717, 1.165) is 32.1 Å². The van der Waals surface area contributed by atoms with Crippen molar-refractivity contribution in [3.8, 4) is 0 Å². The lowest BCUT2D eigenvalue weighted by molar-refractivity contribution is -0.162. The lowest BCUT2D eigenvalue weighted by Gasteiger charge is -2.42. The van der Waals surface area contributed by atoms with Crippen molar-refractivity contribution in [1.82, 2.24) is 0 Å². The van der Waals surface area contributed by atoms with E-state index in [0.29, 0.717) is 18.3 Å². The molecule has 3 rings (SSSR count). The average Bonchev–Trinajstić information content (AvgIpc) is 2.66. The van der Waals surface area contributed by atoms with Crippen LogP contribution in [0.3, 0.4) is 0 Å². The van der Waals surface area contributed by atoms with Crippen molar-refractivity contribution in [3.05, 3.63) is 23.8 Å². The number of cyclic esters (lactones) is 1. The van der Waals surface area contributed by atoms with Crippen LogP contribution in [0.2, 0.25) is 0 Å². The molecule has 2 unspecified atom stereocenters. The average molecular weight is 391 g/mol. The van der Waals surface area contributed by atoms with Crippen LogP contribution in [0.5, 0.6) is 0 Å². The van der Waals surface area contributed by atoms with Gasteiger partial charge in [-0.05, 0) is 49.5 Å². The maximum atomic E-state index is 12.4.